The fourth-order valence-electron chi connectivity index (χ4n) is 1.31. The minimum atomic E-state index is 0.563. The summed E-state index contributed by atoms with van der Waals surface area (Å²) >= 11 is 0. The van der Waals surface area contributed by atoms with Crippen molar-refractivity contribution in [1.82, 2.24) is 0 Å². The molecule has 0 saturated carbocycles. The Balaban J connectivity index is 2.59. The van der Waals surface area contributed by atoms with Crippen LogP contribution >= 0.6 is 0 Å². The van der Waals surface area contributed by atoms with E-state index in [2.05, 4.69) is 26.0 Å². The van der Waals surface area contributed by atoms with Gasteiger partial charge in [-0.15, -0.1) is 0 Å². The Morgan fingerprint density at radius 1 is 1.29 bits per heavy atom. The second kappa shape index (κ2) is 5.66. The van der Waals surface area contributed by atoms with Gasteiger partial charge >= 0.3 is 0 Å². The van der Waals surface area contributed by atoms with Gasteiger partial charge in [0.15, 0.2) is 0 Å². The van der Waals surface area contributed by atoms with E-state index in [4.69, 9.17) is 10.5 Å². The molecular weight excluding hydrogens is 174 g/mol. The molecule has 0 amide bonds. The second-order valence-electron chi connectivity index (χ2n) is 3.52. The van der Waals surface area contributed by atoms with Crippen molar-refractivity contribution in [2.45, 2.75) is 26.2 Å². The van der Waals surface area contributed by atoms with Crippen LogP contribution in [0, 0.1) is 0 Å². The van der Waals surface area contributed by atoms with Crippen LogP contribution in [-0.2, 0) is 0 Å². The molecule has 0 radical (unpaired) electrons. The van der Waals surface area contributed by atoms with Crippen LogP contribution in [-0.4, -0.2) is 13.2 Å². The third-order valence-electron chi connectivity index (χ3n) is 2.45. The monoisotopic (exact) mass is 193 g/mol. The largest absolute Gasteiger partial charge is 0.492 e. The highest BCUT2D eigenvalue weighted by atomic mass is 16.5. The van der Waals surface area contributed by atoms with Crippen LogP contribution in [0.3, 0.4) is 0 Å². The summed E-state index contributed by atoms with van der Waals surface area (Å²) in [4.78, 5) is 0. The summed E-state index contributed by atoms with van der Waals surface area (Å²) in [5, 5.41) is 0. The summed E-state index contributed by atoms with van der Waals surface area (Å²) in [5.74, 6) is 1.53. The molecule has 0 bridgehead atoms. The van der Waals surface area contributed by atoms with Gasteiger partial charge in [-0.2, -0.15) is 0 Å². The molecule has 0 spiro atoms. The van der Waals surface area contributed by atoms with Gasteiger partial charge in [-0.05, 0) is 30.0 Å². The lowest BCUT2D eigenvalue weighted by molar-refractivity contribution is 0.328. The lowest BCUT2D eigenvalue weighted by atomic mass is 9.99. The summed E-state index contributed by atoms with van der Waals surface area (Å²) in [6.45, 7) is 5.58. The zero-order chi connectivity index (χ0) is 10.4. The molecule has 0 heterocycles. The Hall–Kier alpha value is -1.02. The second-order valence-corrected chi connectivity index (χ2v) is 3.52. The van der Waals surface area contributed by atoms with Gasteiger partial charge in [-0.1, -0.05) is 26.0 Å². The lowest BCUT2D eigenvalue weighted by Gasteiger charge is -2.10. The van der Waals surface area contributed by atoms with Crippen LogP contribution < -0.4 is 10.5 Å². The van der Waals surface area contributed by atoms with Crippen LogP contribution in [0.25, 0.3) is 0 Å². The molecule has 14 heavy (non-hydrogen) atoms. The fraction of sp³-hybridized carbons (Fsp3) is 0.500. The minimum absolute atomic E-state index is 0.563. The van der Waals surface area contributed by atoms with Crippen molar-refractivity contribution >= 4 is 0 Å². The maximum atomic E-state index is 5.40. The van der Waals surface area contributed by atoms with Gasteiger partial charge < -0.3 is 10.5 Å². The highest BCUT2D eigenvalue weighted by molar-refractivity contribution is 5.29. The van der Waals surface area contributed by atoms with Crippen LogP contribution in [0.5, 0.6) is 5.75 Å². The maximum Gasteiger partial charge on any atom is 0.119 e. The van der Waals surface area contributed by atoms with E-state index in [1.54, 1.807) is 0 Å². The van der Waals surface area contributed by atoms with Crippen molar-refractivity contribution in [2.75, 3.05) is 13.2 Å². The maximum absolute atomic E-state index is 5.40. The first-order valence-electron chi connectivity index (χ1n) is 5.20. The molecule has 0 aliphatic carbocycles. The van der Waals surface area contributed by atoms with Crippen LogP contribution in [0.4, 0.5) is 0 Å². The first-order chi connectivity index (χ1) is 6.77. The summed E-state index contributed by atoms with van der Waals surface area (Å²) < 4.78 is 5.40. The molecule has 1 unspecified atom stereocenters. The molecular formula is C12H19NO. The summed E-state index contributed by atoms with van der Waals surface area (Å²) in [7, 11) is 0. The van der Waals surface area contributed by atoms with Crippen LogP contribution in [0.2, 0.25) is 0 Å². The van der Waals surface area contributed by atoms with Crippen LogP contribution in [0.1, 0.15) is 31.7 Å². The molecule has 2 heteroatoms. The summed E-state index contributed by atoms with van der Waals surface area (Å²) in [6.07, 6.45) is 1.17. The first kappa shape index (κ1) is 11.1. The number of rotatable bonds is 5. The van der Waals surface area contributed by atoms with Crippen molar-refractivity contribution in [1.29, 1.82) is 0 Å². The van der Waals surface area contributed by atoms with E-state index in [0.29, 0.717) is 19.1 Å². The quantitative estimate of drug-likeness (QED) is 0.780. The Bertz CT molecular complexity index is 256. The van der Waals surface area contributed by atoms with Crippen molar-refractivity contribution in [3.63, 3.8) is 0 Å². The molecule has 2 N–H and O–H groups in total. The Kier molecular flexibility index (Phi) is 4.47. The predicted molar refractivity (Wildman–Crippen MR) is 59.7 cm³/mol. The highest BCUT2D eigenvalue weighted by Crippen LogP contribution is 2.21. The van der Waals surface area contributed by atoms with Gasteiger partial charge in [0.25, 0.3) is 0 Å². The highest BCUT2D eigenvalue weighted by Gasteiger charge is 2.02. The minimum Gasteiger partial charge on any atom is -0.492 e. The van der Waals surface area contributed by atoms with Gasteiger partial charge in [-0.3, -0.25) is 0 Å². The number of hydrogen-bond donors (Lipinski definition) is 1. The van der Waals surface area contributed by atoms with Gasteiger partial charge in [0.2, 0.25) is 0 Å². The van der Waals surface area contributed by atoms with Gasteiger partial charge in [0.05, 0.1) is 0 Å². The van der Waals surface area contributed by atoms with E-state index in [1.165, 1.54) is 12.0 Å². The van der Waals surface area contributed by atoms with Crippen molar-refractivity contribution in [2.24, 2.45) is 5.73 Å². The van der Waals surface area contributed by atoms with Gasteiger partial charge in [0, 0.05) is 6.54 Å². The summed E-state index contributed by atoms with van der Waals surface area (Å²) in [6, 6.07) is 8.27. The van der Waals surface area contributed by atoms with Crippen LogP contribution in [0.15, 0.2) is 24.3 Å². The molecule has 0 saturated heterocycles. The van der Waals surface area contributed by atoms with Crippen molar-refractivity contribution in [3.05, 3.63) is 29.8 Å². The molecule has 1 rings (SSSR count). The van der Waals surface area contributed by atoms with E-state index in [-0.39, 0.29) is 0 Å². The average molecular weight is 193 g/mol. The normalized spacial score (nSPS) is 12.5. The van der Waals surface area contributed by atoms with Gasteiger partial charge in [-0.25, -0.2) is 0 Å². The molecule has 0 aliphatic heterocycles. The van der Waals surface area contributed by atoms with Gasteiger partial charge in [0.1, 0.15) is 12.4 Å². The zero-order valence-corrected chi connectivity index (χ0v) is 8.99. The third kappa shape index (κ3) is 3.04. The Morgan fingerprint density at radius 2 is 1.93 bits per heavy atom. The Labute approximate surface area is 86.1 Å². The fourth-order valence-corrected chi connectivity index (χ4v) is 1.31. The third-order valence-corrected chi connectivity index (χ3v) is 2.45. The first-order valence-corrected chi connectivity index (χ1v) is 5.20. The van der Waals surface area contributed by atoms with Crippen molar-refractivity contribution < 1.29 is 4.74 Å². The molecule has 0 aromatic heterocycles. The number of ether oxygens (including phenoxy) is 1. The zero-order valence-electron chi connectivity index (χ0n) is 8.99. The van der Waals surface area contributed by atoms with E-state index < -0.39 is 0 Å². The summed E-state index contributed by atoms with van der Waals surface area (Å²) in [5.41, 5.74) is 6.72. The molecule has 1 atom stereocenters. The SMILES string of the molecule is CCC(C)c1ccc(OCCN)cc1. The van der Waals surface area contributed by atoms with E-state index in [9.17, 15) is 0 Å². The number of nitrogens with two attached hydrogens (primary N) is 1. The molecule has 2 nitrogen and oxygen atoms in total. The van der Waals surface area contributed by atoms with Crippen molar-refractivity contribution in [3.8, 4) is 5.75 Å². The topological polar surface area (TPSA) is 35.2 Å². The smallest absolute Gasteiger partial charge is 0.119 e. The Morgan fingerprint density at radius 3 is 2.43 bits per heavy atom. The molecule has 0 aliphatic rings. The molecule has 78 valence electrons. The van der Waals surface area contributed by atoms with E-state index in [0.717, 1.165) is 5.75 Å². The van der Waals surface area contributed by atoms with E-state index >= 15 is 0 Å². The lowest BCUT2D eigenvalue weighted by Crippen LogP contribution is -2.10. The molecule has 1 aromatic rings. The predicted octanol–water partition coefficient (Wildman–Crippen LogP) is 2.54. The number of benzene rings is 1. The number of hydrogen-bond acceptors (Lipinski definition) is 2. The standard InChI is InChI=1S/C12H19NO/c1-3-10(2)11-4-6-12(7-5-11)14-9-8-13/h4-7,10H,3,8-9,13H2,1-2H3. The van der Waals surface area contributed by atoms with E-state index in [1.807, 2.05) is 12.1 Å². The average Bonchev–Trinajstić information content (AvgIpc) is 2.26. The molecule has 1 aromatic carbocycles. The molecule has 0 fully saturated rings.